The van der Waals surface area contributed by atoms with Gasteiger partial charge in [-0.05, 0) is 83.6 Å². The number of allylic oxidation sites excluding steroid dienone is 5. The van der Waals surface area contributed by atoms with E-state index in [1.807, 2.05) is 0 Å². The monoisotopic (exact) mass is 480 g/mol. The summed E-state index contributed by atoms with van der Waals surface area (Å²) in [5, 5.41) is 8.09. The van der Waals surface area contributed by atoms with E-state index in [4.69, 9.17) is 0 Å². The predicted molar refractivity (Wildman–Crippen MR) is 164 cm³/mol. The molecule has 0 radical (unpaired) electrons. The van der Waals surface area contributed by atoms with Crippen LogP contribution in [0.1, 0.15) is 64.7 Å². The second-order valence-corrected chi connectivity index (χ2v) is 12.2. The number of hydrogen-bond donors (Lipinski definition) is 0. The van der Waals surface area contributed by atoms with Gasteiger partial charge in [0.2, 0.25) is 0 Å². The zero-order chi connectivity index (χ0) is 25.9. The Bertz CT molecular complexity index is 1730. The molecule has 0 amide bonds. The molecule has 0 bridgehead atoms. The van der Waals surface area contributed by atoms with E-state index in [0.717, 1.165) is 6.42 Å². The second-order valence-electron chi connectivity index (χ2n) is 12.2. The third-order valence-electron chi connectivity index (χ3n) is 8.23. The van der Waals surface area contributed by atoms with Gasteiger partial charge in [-0.2, -0.15) is 0 Å². The van der Waals surface area contributed by atoms with Crippen molar-refractivity contribution in [3.8, 4) is 11.1 Å². The third kappa shape index (κ3) is 4.00. The van der Waals surface area contributed by atoms with Crippen molar-refractivity contribution >= 4 is 38.4 Å². The number of benzene rings is 5. The normalized spacial score (nSPS) is 15.6. The summed E-state index contributed by atoms with van der Waals surface area (Å²) in [7, 11) is 0. The van der Waals surface area contributed by atoms with E-state index in [9.17, 15) is 0 Å². The van der Waals surface area contributed by atoms with Crippen LogP contribution in [0.4, 0.5) is 0 Å². The topological polar surface area (TPSA) is 0 Å². The van der Waals surface area contributed by atoms with E-state index in [0.29, 0.717) is 0 Å². The van der Waals surface area contributed by atoms with Gasteiger partial charge in [-0.25, -0.2) is 0 Å². The van der Waals surface area contributed by atoms with Gasteiger partial charge in [0.1, 0.15) is 0 Å². The van der Waals surface area contributed by atoms with Gasteiger partial charge < -0.3 is 0 Å². The molecule has 1 aliphatic rings. The summed E-state index contributed by atoms with van der Waals surface area (Å²) in [6, 6.07) is 25.7. The fourth-order valence-corrected chi connectivity index (χ4v) is 5.90. The van der Waals surface area contributed by atoms with Gasteiger partial charge in [-0.1, -0.05) is 133 Å². The molecule has 6 rings (SSSR count). The van der Waals surface area contributed by atoms with Crippen molar-refractivity contribution in [3.05, 3.63) is 113 Å². The van der Waals surface area contributed by atoms with E-state index in [1.54, 1.807) is 0 Å². The fourth-order valence-electron chi connectivity index (χ4n) is 5.90. The summed E-state index contributed by atoms with van der Waals surface area (Å²) < 4.78 is 0. The van der Waals surface area contributed by atoms with Crippen LogP contribution < -0.4 is 0 Å². The molecule has 0 saturated heterocycles. The molecule has 0 unspecified atom stereocenters. The van der Waals surface area contributed by atoms with Gasteiger partial charge in [-0.15, -0.1) is 0 Å². The molecule has 0 heteroatoms. The Morgan fingerprint density at radius 2 is 1.43 bits per heavy atom. The van der Waals surface area contributed by atoms with Gasteiger partial charge in [0, 0.05) is 5.41 Å². The van der Waals surface area contributed by atoms with Gasteiger partial charge in [0.25, 0.3) is 0 Å². The highest BCUT2D eigenvalue weighted by atomic mass is 14.3. The molecule has 37 heavy (non-hydrogen) atoms. The minimum atomic E-state index is -0.0680. The quantitative estimate of drug-likeness (QED) is 0.220. The lowest BCUT2D eigenvalue weighted by atomic mass is 9.79. The van der Waals surface area contributed by atoms with Crippen LogP contribution in [0.3, 0.4) is 0 Å². The smallest absolute Gasteiger partial charge is 0.00846 e. The highest BCUT2D eigenvalue weighted by Gasteiger charge is 2.22. The molecule has 5 aromatic rings. The van der Waals surface area contributed by atoms with Crippen molar-refractivity contribution in [1.82, 2.24) is 0 Å². The Balaban J connectivity index is 1.58. The summed E-state index contributed by atoms with van der Waals surface area (Å²) >= 11 is 0. The van der Waals surface area contributed by atoms with Crippen LogP contribution in [0.15, 0.2) is 96.6 Å². The molecule has 0 heterocycles. The molecule has 0 aliphatic heterocycles. The Hall–Kier alpha value is -3.64. The van der Waals surface area contributed by atoms with E-state index in [2.05, 4.69) is 139 Å². The number of hydrogen-bond acceptors (Lipinski definition) is 0. The predicted octanol–water partition coefficient (Wildman–Crippen LogP) is 10.7. The highest BCUT2D eigenvalue weighted by molar-refractivity contribution is 6.25. The Kier molecular flexibility index (Phi) is 5.42. The standard InChI is InChI=1S/C37H36/c1-7-24-9-8-10-25-11-13-27(23-33(25)37(5,6)20-19-24)31-17-15-26-12-14-28-21-30(36(2,3)4)22-29-16-18-32(31)35(26)34(28)29/h8-23H,7H2,1-6H3. The summed E-state index contributed by atoms with van der Waals surface area (Å²) in [5.41, 5.74) is 8.05. The molecule has 0 aromatic heterocycles. The minimum absolute atomic E-state index is 0.0680. The van der Waals surface area contributed by atoms with Crippen molar-refractivity contribution in [2.24, 2.45) is 0 Å². The zero-order valence-electron chi connectivity index (χ0n) is 22.9. The second kappa shape index (κ2) is 8.45. The van der Waals surface area contributed by atoms with Crippen molar-refractivity contribution in [1.29, 1.82) is 0 Å². The maximum absolute atomic E-state index is 2.42. The molecular formula is C37H36. The maximum Gasteiger partial charge on any atom is 0.00846 e. The Morgan fingerprint density at radius 1 is 0.730 bits per heavy atom. The van der Waals surface area contributed by atoms with Crippen molar-refractivity contribution in [2.75, 3.05) is 0 Å². The third-order valence-corrected chi connectivity index (χ3v) is 8.23. The van der Waals surface area contributed by atoms with Crippen LogP contribution in [-0.4, -0.2) is 0 Å². The summed E-state index contributed by atoms with van der Waals surface area (Å²) in [5.74, 6) is 0. The molecule has 0 N–H and O–H groups in total. The van der Waals surface area contributed by atoms with Gasteiger partial charge in [0.05, 0.1) is 0 Å². The van der Waals surface area contributed by atoms with E-state index < -0.39 is 0 Å². The van der Waals surface area contributed by atoms with Crippen LogP contribution in [0.25, 0.3) is 49.5 Å². The molecule has 0 saturated carbocycles. The SMILES string of the molecule is CCC1=CC=Cc2ccc(-c3ccc4ccc5cc(C(C)(C)C)cc6ccc3c4c56)cc2C(C)(C)C=C1. The number of rotatable bonds is 2. The average Bonchev–Trinajstić information content (AvgIpc) is 2.94. The van der Waals surface area contributed by atoms with Gasteiger partial charge in [-0.3, -0.25) is 0 Å². The van der Waals surface area contributed by atoms with E-state index >= 15 is 0 Å². The summed E-state index contributed by atoms with van der Waals surface area (Å²) in [6.07, 6.45) is 12.4. The minimum Gasteiger partial charge on any atom is -0.0742 e. The molecule has 5 aromatic carbocycles. The largest absolute Gasteiger partial charge is 0.0742 e. The van der Waals surface area contributed by atoms with Gasteiger partial charge in [0.15, 0.2) is 0 Å². The lowest BCUT2D eigenvalue weighted by molar-refractivity contribution is 0.591. The first-order chi connectivity index (χ1) is 17.7. The molecular weight excluding hydrogens is 444 g/mol. The first-order valence-corrected chi connectivity index (χ1v) is 13.6. The van der Waals surface area contributed by atoms with Crippen LogP contribution in [0, 0.1) is 0 Å². The zero-order valence-corrected chi connectivity index (χ0v) is 22.9. The molecule has 184 valence electrons. The Morgan fingerprint density at radius 3 is 2.16 bits per heavy atom. The number of fused-ring (bicyclic) bond motifs is 1. The highest BCUT2D eigenvalue weighted by Crippen LogP contribution is 2.42. The van der Waals surface area contributed by atoms with Crippen molar-refractivity contribution in [2.45, 2.75) is 58.8 Å². The lowest BCUT2D eigenvalue weighted by Crippen LogP contribution is -2.15. The van der Waals surface area contributed by atoms with Crippen LogP contribution in [-0.2, 0) is 10.8 Å². The van der Waals surface area contributed by atoms with Crippen LogP contribution in [0.2, 0.25) is 0 Å². The lowest BCUT2D eigenvalue weighted by Gasteiger charge is -2.25. The first-order valence-electron chi connectivity index (χ1n) is 13.6. The van der Waals surface area contributed by atoms with Gasteiger partial charge >= 0.3 is 0 Å². The Labute approximate surface area is 221 Å². The van der Waals surface area contributed by atoms with Crippen LogP contribution >= 0.6 is 0 Å². The maximum atomic E-state index is 2.42. The van der Waals surface area contributed by atoms with Crippen molar-refractivity contribution in [3.63, 3.8) is 0 Å². The van der Waals surface area contributed by atoms with E-state index in [1.165, 1.54) is 65.7 Å². The molecule has 0 atom stereocenters. The van der Waals surface area contributed by atoms with E-state index in [-0.39, 0.29) is 10.8 Å². The fraction of sp³-hybridized carbons (Fsp3) is 0.243. The molecule has 1 aliphatic carbocycles. The molecule has 0 spiro atoms. The average molecular weight is 481 g/mol. The van der Waals surface area contributed by atoms with Crippen LogP contribution in [0.5, 0.6) is 0 Å². The first kappa shape index (κ1) is 23.7. The molecule has 0 fully saturated rings. The van der Waals surface area contributed by atoms with Crippen molar-refractivity contribution < 1.29 is 0 Å². The molecule has 0 nitrogen and oxygen atoms in total. The summed E-state index contributed by atoms with van der Waals surface area (Å²) in [6.45, 7) is 13.8. The summed E-state index contributed by atoms with van der Waals surface area (Å²) in [4.78, 5) is 0.